The largest absolute Gasteiger partial charge is 0.291 e. The van der Waals surface area contributed by atoms with Crippen molar-refractivity contribution in [2.75, 3.05) is 0 Å². The van der Waals surface area contributed by atoms with Crippen LogP contribution in [0.4, 0.5) is 0 Å². The molecular formula is C19H17N. The first-order valence-corrected chi connectivity index (χ1v) is 7.00. The lowest BCUT2D eigenvalue weighted by atomic mass is 10.1. The average molecular weight is 259 g/mol. The predicted octanol–water partition coefficient (Wildman–Crippen LogP) is 4.09. The fourth-order valence-electron chi connectivity index (χ4n) is 2.05. The second-order valence-electron chi connectivity index (χ2n) is 5.23. The van der Waals surface area contributed by atoms with Crippen LogP contribution in [-0.2, 0) is 6.54 Å². The quantitative estimate of drug-likeness (QED) is 0.581. The average Bonchev–Trinajstić information content (AvgIpc) is 3.28. The molecule has 0 saturated heterocycles. The highest BCUT2D eigenvalue weighted by Crippen LogP contribution is 2.43. The minimum Gasteiger partial charge on any atom is -0.291 e. The Morgan fingerprint density at radius 3 is 2.25 bits per heavy atom. The Morgan fingerprint density at radius 1 is 0.950 bits per heavy atom. The Balaban J connectivity index is 1.64. The summed E-state index contributed by atoms with van der Waals surface area (Å²) in [6.07, 6.45) is 4.31. The van der Waals surface area contributed by atoms with Crippen molar-refractivity contribution < 1.29 is 0 Å². The van der Waals surface area contributed by atoms with Crippen LogP contribution >= 0.6 is 0 Å². The summed E-state index contributed by atoms with van der Waals surface area (Å²) in [5.41, 5.74) is 2.36. The minimum absolute atomic E-state index is 0.0324. The Labute approximate surface area is 120 Å². The van der Waals surface area contributed by atoms with E-state index in [9.17, 15) is 0 Å². The smallest absolute Gasteiger partial charge is 0.0666 e. The number of hydrogen-bond donors (Lipinski definition) is 0. The van der Waals surface area contributed by atoms with E-state index in [2.05, 4.69) is 35.2 Å². The van der Waals surface area contributed by atoms with Gasteiger partial charge in [-0.3, -0.25) is 4.99 Å². The van der Waals surface area contributed by atoms with Gasteiger partial charge in [0.05, 0.1) is 12.0 Å². The van der Waals surface area contributed by atoms with Gasteiger partial charge in [-0.2, -0.15) is 0 Å². The van der Waals surface area contributed by atoms with Gasteiger partial charge in [-0.05, 0) is 30.5 Å². The number of benzene rings is 2. The Hall–Kier alpha value is -2.33. The SMILES string of the molecule is C(#CC1(C=NCc2ccccc2)CC1)c1ccccc1. The van der Waals surface area contributed by atoms with Gasteiger partial charge in [-0.25, -0.2) is 0 Å². The summed E-state index contributed by atoms with van der Waals surface area (Å²) in [7, 11) is 0. The van der Waals surface area contributed by atoms with Gasteiger partial charge in [0.2, 0.25) is 0 Å². The fraction of sp³-hybridized carbons (Fsp3) is 0.211. The summed E-state index contributed by atoms with van der Waals surface area (Å²) in [5.74, 6) is 6.63. The summed E-state index contributed by atoms with van der Waals surface area (Å²) < 4.78 is 0. The van der Waals surface area contributed by atoms with Crippen molar-refractivity contribution in [2.45, 2.75) is 19.4 Å². The molecule has 0 bridgehead atoms. The molecule has 1 fully saturated rings. The molecule has 0 N–H and O–H groups in total. The lowest BCUT2D eigenvalue weighted by molar-refractivity contribution is 0.957. The normalized spacial score (nSPS) is 15.6. The highest BCUT2D eigenvalue weighted by molar-refractivity contribution is 5.74. The van der Waals surface area contributed by atoms with Gasteiger partial charge in [0.1, 0.15) is 0 Å². The van der Waals surface area contributed by atoms with Crippen LogP contribution < -0.4 is 0 Å². The highest BCUT2D eigenvalue weighted by Gasteiger charge is 2.39. The molecule has 0 aromatic heterocycles. The zero-order valence-electron chi connectivity index (χ0n) is 11.4. The van der Waals surface area contributed by atoms with Crippen LogP contribution in [-0.4, -0.2) is 6.21 Å². The van der Waals surface area contributed by atoms with E-state index in [0.717, 1.165) is 24.9 Å². The zero-order valence-corrected chi connectivity index (χ0v) is 11.4. The minimum atomic E-state index is 0.0324. The standard InChI is InChI=1S/C19H17N/c1-3-7-17(8-4-1)11-12-19(13-14-19)16-20-15-18-9-5-2-6-10-18/h1-10,16H,13-15H2. The van der Waals surface area contributed by atoms with Gasteiger partial charge in [0.15, 0.2) is 0 Å². The van der Waals surface area contributed by atoms with E-state index in [-0.39, 0.29) is 5.41 Å². The van der Waals surface area contributed by atoms with Crippen LogP contribution in [0, 0.1) is 17.3 Å². The predicted molar refractivity (Wildman–Crippen MR) is 83.6 cm³/mol. The van der Waals surface area contributed by atoms with Gasteiger partial charge in [0, 0.05) is 11.8 Å². The summed E-state index contributed by atoms with van der Waals surface area (Å²) in [6, 6.07) is 20.5. The molecule has 0 amide bonds. The molecule has 1 aliphatic carbocycles. The molecule has 20 heavy (non-hydrogen) atoms. The molecule has 0 heterocycles. The van der Waals surface area contributed by atoms with E-state index in [1.807, 2.05) is 48.5 Å². The van der Waals surface area contributed by atoms with E-state index in [0.29, 0.717) is 0 Å². The van der Waals surface area contributed by atoms with Gasteiger partial charge in [-0.1, -0.05) is 60.4 Å². The molecule has 98 valence electrons. The molecule has 1 nitrogen and oxygen atoms in total. The summed E-state index contributed by atoms with van der Waals surface area (Å²) in [5, 5.41) is 0. The van der Waals surface area contributed by atoms with Crippen molar-refractivity contribution in [2.24, 2.45) is 10.4 Å². The highest BCUT2D eigenvalue weighted by atomic mass is 14.7. The maximum atomic E-state index is 4.56. The van der Waals surface area contributed by atoms with Crippen molar-refractivity contribution in [1.29, 1.82) is 0 Å². The third kappa shape index (κ3) is 3.36. The third-order valence-corrected chi connectivity index (χ3v) is 3.47. The summed E-state index contributed by atoms with van der Waals surface area (Å²) >= 11 is 0. The number of nitrogens with zero attached hydrogens (tertiary/aromatic N) is 1. The Morgan fingerprint density at radius 2 is 1.60 bits per heavy atom. The molecule has 0 unspecified atom stereocenters. The van der Waals surface area contributed by atoms with Crippen molar-refractivity contribution in [3.8, 4) is 11.8 Å². The first kappa shape index (κ1) is 12.7. The number of rotatable bonds is 3. The van der Waals surface area contributed by atoms with Gasteiger partial charge < -0.3 is 0 Å². The summed E-state index contributed by atoms with van der Waals surface area (Å²) in [4.78, 5) is 4.56. The van der Waals surface area contributed by atoms with Crippen LogP contribution in [0.5, 0.6) is 0 Å². The second kappa shape index (κ2) is 5.75. The van der Waals surface area contributed by atoms with Crippen LogP contribution in [0.2, 0.25) is 0 Å². The molecule has 2 aromatic rings. The summed E-state index contributed by atoms with van der Waals surface area (Å²) in [6.45, 7) is 0.746. The zero-order chi connectivity index (χ0) is 13.7. The van der Waals surface area contributed by atoms with Crippen molar-refractivity contribution in [1.82, 2.24) is 0 Å². The van der Waals surface area contributed by atoms with Crippen LogP contribution in [0.1, 0.15) is 24.0 Å². The van der Waals surface area contributed by atoms with Gasteiger partial charge >= 0.3 is 0 Å². The van der Waals surface area contributed by atoms with Crippen molar-refractivity contribution in [3.63, 3.8) is 0 Å². The molecule has 1 aliphatic rings. The topological polar surface area (TPSA) is 12.4 Å². The molecule has 0 radical (unpaired) electrons. The molecule has 0 spiro atoms. The van der Waals surface area contributed by atoms with Crippen molar-refractivity contribution >= 4 is 6.21 Å². The molecule has 2 aromatic carbocycles. The molecule has 1 saturated carbocycles. The Bertz CT molecular complexity index is 640. The van der Waals surface area contributed by atoms with Crippen LogP contribution in [0.3, 0.4) is 0 Å². The fourth-order valence-corrected chi connectivity index (χ4v) is 2.05. The maximum Gasteiger partial charge on any atom is 0.0666 e. The van der Waals surface area contributed by atoms with E-state index < -0.39 is 0 Å². The molecule has 0 atom stereocenters. The monoisotopic (exact) mass is 259 g/mol. The second-order valence-corrected chi connectivity index (χ2v) is 5.23. The lowest BCUT2D eigenvalue weighted by Crippen LogP contribution is -1.98. The molecule has 1 heteroatoms. The van der Waals surface area contributed by atoms with Crippen LogP contribution in [0.25, 0.3) is 0 Å². The Kier molecular flexibility index (Phi) is 3.65. The van der Waals surface area contributed by atoms with E-state index >= 15 is 0 Å². The first-order chi connectivity index (χ1) is 9.86. The molecule has 3 rings (SSSR count). The maximum absolute atomic E-state index is 4.56. The van der Waals surface area contributed by atoms with Gasteiger partial charge in [0.25, 0.3) is 0 Å². The first-order valence-electron chi connectivity index (χ1n) is 7.00. The third-order valence-electron chi connectivity index (χ3n) is 3.47. The van der Waals surface area contributed by atoms with E-state index in [1.54, 1.807) is 0 Å². The molecule has 0 aliphatic heterocycles. The molecular weight excluding hydrogens is 242 g/mol. The van der Waals surface area contributed by atoms with Crippen molar-refractivity contribution in [3.05, 3.63) is 71.8 Å². The van der Waals surface area contributed by atoms with E-state index in [4.69, 9.17) is 0 Å². The van der Waals surface area contributed by atoms with E-state index in [1.165, 1.54) is 5.56 Å². The number of aliphatic imine (C=N–C) groups is 1. The van der Waals surface area contributed by atoms with Crippen LogP contribution in [0.15, 0.2) is 65.7 Å². The van der Waals surface area contributed by atoms with Gasteiger partial charge in [-0.15, -0.1) is 0 Å². The number of hydrogen-bond acceptors (Lipinski definition) is 1. The lowest BCUT2D eigenvalue weighted by Gasteiger charge is -1.99.